The summed E-state index contributed by atoms with van der Waals surface area (Å²) in [5.41, 5.74) is 0.485. The lowest BCUT2D eigenvalue weighted by atomic mass is 9.99. The Kier molecular flexibility index (Phi) is 4.86. The van der Waals surface area contributed by atoms with E-state index in [0.29, 0.717) is 5.69 Å². The van der Waals surface area contributed by atoms with Crippen LogP contribution in [-0.4, -0.2) is 56.5 Å². The summed E-state index contributed by atoms with van der Waals surface area (Å²) in [6.07, 6.45) is 10.8. The van der Waals surface area contributed by atoms with Crippen molar-refractivity contribution < 1.29 is 4.79 Å². The predicted molar refractivity (Wildman–Crippen MR) is 99.5 cm³/mol. The van der Waals surface area contributed by atoms with Gasteiger partial charge in [0, 0.05) is 38.4 Å². The minimum atomic E-state index is 0.0164. The molecule has 2 fully saturated rings. The smallest absolute Gasteiger partial charge is 0.274 e. The van der Waals surface area contributed by atoms with E-state index >= 15 is 0 Å². The molecule has 0 N–H and O–H groups in total. The van der Waals surface area contributed by atoms with Crippen LogP contribution in [0.3, 0.4) is 0 Å². The van der Waals surface area contributed by atoms with Gasteiger partial charge >= 0.3 is 0 Å². The molecule has 0 atom stereocenters. The molecule has 2 aromatic rings. The summed E-state index contributed by atoms with van der Waals surface area (Å²) < 4.78 is 1.81. The first-order valence-electron chi connectivity index (χ1n) is 9.61. The number of carbonyl (C=O) groups is 1. The molecule has 1 amide bonds. The van der Waals surface area contributed by atoms with E-state index in [9.17, 15) is 4.79 Å². The van der Waals surface area contributed by atoms with Crippen molar-refractivity contribution in [3.63, 3.8) is 0 Å². The van der Waals surface area contributed by atoms with Crippen molar-refractivity contribution in [1.29, 1.82) is 0 Å². The maximum Gasteiger partial charge on any atom is 0.274 e. The number of nitrogens with zero attached hydrogens (tertiary/aromatic N) is 6. The Hall–Kier alpha value is -2.44. The molecule has 4 rings (SSSR count). The number of hydrogen-bond donors (Lipinski definition) is 0. The standard InChI is InChI=1S/C19H26N6O/c1-15-5-9-23(10-6-15)17-11-18(21-13-20-17)25-12-16(22-14-25)19(26)24-7-3-2-4-8-24/h11-15H,2-10H2,1H3. The molecule has 0 saturated carbocycles. The van der Waals surface area contributed by atoms with Crippen LogP contribution >= 0.6 is 0 Å². The molecule has 0 unspecified atom stereocenters. The van der Waals surface area contributed by atoms with Gasteiger partial charge in [-0.05, 0) is 38.0 Å². The van der Waals surface area contributed by atoms with E-state index in [1.54, 1.807) is 18.9 Å². The fraction of sp³-hybridized carbons (Fsp3) is 0.579. The van der Waals surface area contributed by atoms with Crippen LogP contribution in [0.15, 0.2) is 24.9 Å². The molecule has 7 heteroatoms. The molecule has 0 aliphatic carbocycles. The maximum atomic E-state index is 12.6. The van der Waals surface area contributed by atoms with Crippen molar-refractivity contribution in [1.82, 2.24) is 24.4 Å². The summed E-state index contributed by atoms with van der Waals surface area (Å²) in [5.74, 6) is 2.49. The topological polar surface area (TPSA) is 67.2 Å². The van der Waals surface area contributed by atoms with Crippen molar-refractivity contribution in [2.75, 3.05) is 31.1 Å². The first-order chi connectivity index (χ1) is 12.7. The number of likely N-dealkylation sites (tertiary alicyclic amines) is 1. The Morgan fingerprint density at radius 3 is 2.50 bits per heavy atom. The highest BCUT2D eigenvalue weighted by Gasteiger charge is 2.21. The van der Waals surface area contributed by atoms with Gasteiger partial charge in [0.15, 0.2) is 0 Å². The van der Waals surface area contributed by atoms with E-state index in [4.69, 9.17) is 0 Å². The van der Waals surface area contributed by atoms with Gasteiger partial charge in [-0.3, -0.25) is 9.36 Å². The minimum Gasteiger partial charge on any atom is -0.356 e. The van der Waals surface area contributed by atoms with Crippen LogP contribution in [0.5, 0.6) is 0 Å². The lowest BCUT2D eigenvalue weighted by Gasteiger charge is -2.31. The van der Waals surface area contributed by atoms with Crippen LogP contribution in [0.2, 0.25) is 0 Å². The van der Waals surface area contributed by atoms with Crippen molar-refractivity contribution in [2.45, 2.75) is 39.0 Å². The molecule has 2 saturated heterocycles. The average Bonchev–Trinajstić information content (AvgIpc) is 3.19. The molecule has 0 bridgehead atoms. The number of aromatic nitrogens is 4. The molecule has 4 heterocycles. The number of anilines is 1. The van der Waals surface area contributed by atoms with Gasteiger partial charge < -0.3 is 9.80 Å². The van der Waals surface area contributed by atoms with Crippen LogP contribution in [0, 0.1) is 5.92 Å². The van der Waals surface area contributed by atoms with Crippen LogP contribution in [-0.2, 0) is 0 Å². The average molecular weight is 354 g/mol. The molecule has 2 aliphatic rings. The third-order valence-corrected chi connectivity index (χ3v) is 5.46. The summed E-state index contributed by atoms with van der Waals surface area (Å²) in [6.45, 7) is 6.02. The molecule has 2 aliphatic heterocycles. The van der Waals surface area contributed by atoms with E-state index in [1.165, 1.54) is 19.3 Å². The molecular formula is C19H26N6O. The van der Waals surface area contributed by atoms with Gasteiger partial charge in [0.25, 0.3) is 5.91 Å². The molecule has 2 aromatic heterocycles. The van der Waals surface area contributed by atoms with E-state index in [0.717, 1.165) is 56.6 Å². The fourth-order valence-corrected chi connectivity index (χ4v) is 3.71. The highest BCUT2D eigenvalue weighted by Crippen LogP contribution is 2.22. The second kappa shape index (κ2) is 7.43. The zero-order valence-corrected chi connectivity index (χ0v) is 15.3. The summed E-state index contributed by atoms with van der Waals surface area (Å²) in [5, 5.41) is 0. The number of amides is 1. The monoisotopic (exact) mass is 354 g/mol. The van der Waals surface area contributed by atoms with Crippen LogP contribution in [0.25, 0.3) is 5.82 Å². The number of rotatable bonds is 3. The Morgan fingerprint density at radius 1 is 1.00 bits per heavy atom. The fourth-order valence-electron chi connectivity index (χ4n) is 3.71. The first-order valence-corrected chi connectivity index (χ1v) is 9.61. The van der Waals surface area contributed by atoms with Crippen LogP contribution in [0.4, 0.5) is 5.82 Å². The predicted octanol–water partition coefficient (Wildman–Crippen LogP) is 2.52. The molecule has 0 radical (unpaired) electrons. The third-order valence-electron chi connectivity index (χ3n) is 5.46. The Morgan fingerprint density at radius 2 is 1.73 bits per heavy atom. The summed E-state index contributed by atoms with van der Waals surface area (Å²) in [7, 11) is 0. The second-order valence-electron chi connectivity index (χ2n) is 7.42. The number of imidazole rings is 1. The number of carbonyl (C=O) groups excluding carboxylic acids is 1. The van der Waals surface area contributed by atoms with Crippen molar-refractivity contribution >= 4 is 11.7 Å². The Balaban J connectivity index is 1.50. The van der Waals surface area contributed by atoms with E-state index < -0.39 is 0 Å². The number of hydrogen-bond acceptors (Lipinski definition) is 5. The zero-order valence-electron chi connectivity index (χ0n) is 15.3. The Labute approximate surface area is 154 Å². The van der Waals surface area contributed by atoms with Crippen LogP contribution < -0.4 is 4.90 Å². The molecule has 7 nitrogen and oxygen atoms in total. The lowest BCUT2D eigenvalue weighted by molar-refractivity contribution is 0.0719. The molecule has 26 heavy (non-hydrogen) atoms. The quantitative estimate of drug-likeness (QED) is 0.847. The SMILES string of the molecule is CC1CCN(c2cc(-n3cnc(C(=O)N4CCCCC4)c3)ncn2)CC1. The Bertz CT molecular complexity index is 759. The maximum absolute atomic E-state index is 12.6. The largest absolute Gasteiger partial charge is 0.356 e. The molecule has 0 spiro atoms. The molecule has 0 aromatic carbocycles. The van der Waals surface area contributed by atoms with Crippen molar-refractivity contribution in [3.05, 3.63) is 30.6 Å². The minimum absolute atomic E-state index is 0.0164. The van der Waals surface area contributed by atoms with Gasteiger partial charge in [-0.15, -0.1) is 0 Å². The summed E-state index contributed by atoms with van der Waals surface area (Å²) in [6, 6.07) is 1.98. The highest BCUT2D eigenvalue weighted by molar-refractivity contribution is 5.92. The third kappa shape index (κ3) is 3.57. The first kappa shape index (κ1) is 17.0. The number of piperidine rings is 2. The van der Waals surface area contributed by atoms with E-state index in [1.807, 2.05) is 15.5 Å². The van der Waals surface area contributed by atoms with Crippen molar-refractivity contribution in [3.8, 4) is 5.82 Å². The van der Waals surface area contributed by atoms with Gasteiger partial charge in [-0.25, -0.2) is 15.0 Å². The van der Waals surface area contributed by atoms with Gasteiger partial charge in [0.2, 0.25) is 0 Å². The molecular weight excluding hydrogens is 328 g/mol. The summed E-state index contributed by atoms with van der Waals surface area (Å²) >= 11 is 0. The highest BCUT2D eigenvalue weighted by atomic mass is 16.2. The second-order valence-corrected chi connectivity index (χ2v) is 7.42. The van der Waals surface area contributed by atoms with Gasteiger partial charge in [-0.1, -0.05) is 6.92 Å². The van der Waals surface area contributed by atoms with E-state index in [-0.39, 0.29) is 5.91 Å². The van der Waals surface area contributed by atoms with Crippen LogP contribution in [0.1, 0.15) is 49.5 Å². The van der Waals surface area contributed by atoms with E-state index in [2.05, 4.69) is 26.8 Å². The normalized spacial score (nSPS) is 19.0. The molecule has 138 valence electrons. The lowest BCUT2D eigenvalue weighted by Crippen LogP contribution is -2.35. The van der Waals surface area contributed by atoms with Gasteiger partial charge in [0.1, 0.15) is 30.0 Å². The van der Waals surface area contributed by atoms with Gasteiger partial charge in [-0.2, -0.15) is 0 Å². The van der Waals surface area contributed by atoms with Gasteiger partial charge in [0.05, 0.1) is 0 Å². The zero-order chi connectivity index (χ0) is 17.9. The van der Waals surface area contributed by atoms with Crippen molar-refractivity contribution in [2.24, 2.45) is 5.92 Å². The summed E-state index contributed by atoms with van der Waals surface area (Å²) in [4.78, 5) is 29.9.